The number of benzene rings is 1. The third kappa shape index (κ3) is 2.38. The number of nitrogens with two attached hydrogens (primary N) is 1. The van der Waals surface area contributed by atoms with Gasteiger partial charge in [0.05, 0.1) is 6.33 Å². The fourth-order valence-corrected chi connectivity index (χ4v) is 3.16. The molecule has 2 aromatic rings. The molecule has 3 atom stereocenters. The van der Waals surface area contributed by atoms with Crippen LogP contribution in [0.4, 0.5) is 0 Å². The van der Waals surface area contributed by atoms with E-state index in [1.165, 1.54) is 17.7 Å². The fourth-order valence-electron chi connectivity index (χ4n) is 3.16. The number of imidazole rings is 1. The molecule has 1 aliphatic rings. The maximum Gasteiger partial charge on any atom is 0.0951 e. The molecule has 1 aromatic heterocycles. The van der Waals surface area contributed by atoms with Crippen molar-refractivity contribution in [3.05, 3.63) is 54.1 Å². The number of nitrogens with zero attached hydrogens (tertiary/aromatic N) is 2. The smallest absolute Gasteiger partial charge is 0.0951 e. The van der Waals surface area contributed by atoms with E-state index < -0.39 is 0 Å². The first-order valence-electron chi connectivity index (χ1n) is 7.49. The van der Waals surface area contributed by atoms with Gasteiger partial charge in [-0.15, -0.1) is 0 Å². The Balaban J connectivity index is 1.82. The summed E-state index contributed by atoms with van der Waals surface area (Å²) in [5.41, 5.74) is 8.69. The van der Waals surface area contributed by atoms with Crippen molar-refractivity contribution >= 4 is 0 Å². The monoisotopic (exact) mass is 269 g/mol. The Morgan fingerprint density at radius 3 is 2.70 bits per heavy atom. The van der Waals surface area contributed by atoms with Gasteiger partial charge in [0.25, 0.3) is 0 Å². The lowest BCUT2D eigenvalue weighted by molar-refractivity contribution is 0.472. The van der Waals surface area contributed by atoms with E-state index in [9.17, 15) is 0 Å². The first kappa shape index (κ1) is 13.4. The third-order valence-electron chi connectivity index (χ3n) is 4.48. The second-order valence-corrected chi connectivity index (χ2v) is 6.13. The summed E-state index contributed by atoms with van der Waals surface area (Å²) in [6, 6.07) is 11.3. The molecule has 0 spiro atoms. The second kappa shape index (κ2) is 5.41. The summed E-state index contributed by atoms with van der Waals surface area (Å²) in [5, 5.41) is 0. The lowest BCUT2D eigenvalue weighted by Crippen LogP contribution is -2.20. The van der Waals surface area contributed by atoms with Crippen LogP contribution in [0.3, 0.4) is 0 Å². The van der Waals surface area contributed by atoms with Crippen LogP contribution in [0.1, 0.15) is 49.4 Å². The molecule has 0 aliphatic heterocycles. The van der Waals surface area contributed by atoms with Gasteiger partial charge in [-0.05, 0) is 17.9 Å². The highest BCUT2D eigenvalue weighted by atomic mass is 15.1. The van der Waals surface area contributed by atoms with Gasteiger partial charge in [-0.2, -0.15) is 0 Å². The van der Waals surface area contributed by atoms with E-state index in [0.717, 1.165) is 0 Å². The van der Waals surface area contributed by atoms with Crippen LogP contribution in [0.25, 0.3) is 0 Å². The summed E-state index contributed by atoms with van der Waals surface area (Å²) in [6.07, 6.45) is 5.19. The van der Waals surface area contributed by atoms with Crippen molar-refractivity contribution in [3.8, 4) is 0 Å². The van der Waals surface area contributed by atoms with Crippen LogP contribution in [0.15, 0.2) is 42.9 Å². The van der Waals surface area contributed by atoms with Gasteiger partial charge in [-0.1, -0.05) is 44.2 Å². The third-order valence-corrected chi connectivity index (χ3v) is 4.48. The Labute approximate surface area is 120 Å². The van der Waals surface area contributed by atoms with Gasteiger partial charge < -0.3 is 10.3 Å². The van der Waals surface area contributed by atoms with Crippen molar-refractivity contribution in [2.45, 2.75) is 38.1 Å². The van der Waals surface area contributed by atoms with E-state index in [1.807, 2.05) is 12.5 Å². The van der Waals surface area contributed by atoms with Crippen molar-refractivity contribution in [1.29, 1.82) is 0 Å². The van der Waals surface area contributed by atoms with E-state index in [-0.39, 0.29) is 0 Å². The van der Waals surface area contributed by atoms with Gasteiger partial charge in [0.2, 0.25) is 0 Å². The molecule has 0 bridgehead atoms. The lowest BCUT2D eigenvalue weighted by atomic mass is 9.93. The maximum absolute atomic E-state index is 5.96. The van der Waals surface area contributed by atoms with Crippen LogP contribution in [0.2, 0.25) is 0 Å². The van der Waals surface area contributed by atoms with Gasteiger partial charge in [0.15, 0.2) is 0 Å². The van der Waals surface area contributed by atoms with Gasteiger partial charge in [0, 0.05) is 36.3 Å². The van der Waals surface area contributed by atoms with Gasteiger partial charge in [-0.25, -0.2) is 4.98 Å². The average Bonchev–Trinajstić information content (AvgIpc) is 3.12. The summed E-state index contributed by atoms with van der Waals surface area (Å²) in [4.78, 5) is 4.37. The van der Waals surface area contributed by atoms with Crippen LogP contribution in [0, 0.1) is 5.92 Å². The molecule has 1 aliphatic carbocycles. The molecule has 3 rings (SSSR count). The van der Waals surface area contributed by atoms with Crippen molar-refractivity contribution in [1.82, 2.24) is 9.55 Å². The number of hydrogen-bond acceptors (Lipinski definition) is 2. The Morgan fingerprint density at radius 2 is 2.05 bits per heavy atom. The van der Waals surface area contributed by atoms with Gasteiger partial charge in [-0.3, -0.25) is 0 Å². The molecule has 2 N–H and O–H groups in total. The molecule has 20 heavy (non-hydrogen) atoms. The zero-order valence-electron chi connectivity index (χ0n) is 12.2. The van der Waals surface area contributed by atoms with Crippen LogP contribution in [0.5, 0.6) is 0 Å². The van der Waals surface area contributed by atoms with E-state index in [0.29, 0.717) is 30.3 Å². The molecule has 106 valence electrons. The van der Waals surface area contributed by atoms with Crippen molar-refractivity contribution in [2.75, 3.05) is 6.54 Å². The van der Waals surface area contributed by atoms with Crippen LogP contribution < -0.4 is 5.73 Å². The first-order chi connectivity index (χ1) is 9.72. The minimum absolute atomic E-state index is 0.398. The summed E-state index contributed by atoms with van der Waals surface area (Å²) >= 11 is 0. The Kier molecular flexibility index (Phi) is 3.62. The van der Waals surface area contributed by atoms with E-state index in [2.05, 4.69) is 53.7 Å². The lowest BCUT2D eigenvalue weighted by Gasteiger charge is -2.20. The summed E-state index contributed by atoms with van der Waals surface area (Å²) < 4.78 is 2.36. The van der Waals surface area contributed by atoms with Crippen LogP contribution in [-0.4, -0.2) is 16.1 Å². The highest BCUT2D eigenvalue weighted by molar-refractivity contribution is 5.28. The SMILES string of the molecule is CC(C)C(CN)c1cncn1C1CC1c1ccccc1. The summed E-state index contributed by atoms with van der Waals surface area (Å²) in [5.74, 6) is 1.58. The molecule has 1 saturated carbocycles. The summed E-state index contributed by atoms with van der Waals surface area (Å²) in [6.45, 7) is 5.15. The normalized spacial score (nSPS) is 23.0. The first-order valence-corrected chi connectivity index (χ1v) is 7.49. The largest absolute Gasteiger partial charge is 0.331 e. The molecule has 3 heteroatoms. The zero-order chi connectivity index (χ0) is 14.1. The molecule has 3 nitrogen and oxygen atoms in total. The topological polar surface area (TPSA) is 43.8 Å². The van der Waals surface area contributed by atoms with Crippen molar-refractivity contribution < 1.29 is 0 Å². The molecule has 1 aromatic carbocycles. The maximum atomic E-state index is 5.96. The fraction of sp³-hybridized carbons (Fsp3) is 0.471. The van der Waals surface area contributed by atoms with Crippen molar-refractivity contribution in [3.63, 3.8) is 0 Å². The highest BCUT2D eigenvalue weighted by Crippen LogP contribution is 2.52. The molecule has 3 unspecified atom stereocenters. The van der Waals surface area contributed by atoms with E-state index in [4.69, 9.17) is 5.73 Å². The minimum atomic E-state index is 0.398. The Bertz CT molecular complexity index is 559. The van der Waals surface area contributed by atoms with E-state index in [1.54, 1.807) is 0 Å². The molecular formula is C17H23N3. The molecule has 1 heterocycles. The molecule has 1 fully saturated rings. The molecular weight excluding hydrogens is 246 g/mol. The Hall–Kier alpha value is -1.61. The number of hydrogen-bond donors (Lipinski definition) is 1. The summed E-state index contributed by atoms with van der Waals surface area (Å²) in [7, 11) is 0. The number of rotatable bonds is 5. The molecule has 0 radical (unpaired) electrons. The predicted molar refractivity (Wildman–Crippen MR) is 81.7 cm³/mol. The Morgan fingerprint density at radius 1 is 1.30 bits per heavy atom. The zero-order valence-corrected chi connectivity index (χ0v) is 12.2. The van der Waals surface area contributed by atoms with Gasteiger partial charge in [0.1, 0.15) is 0 Å². The van der Waals surface area contributed by atoms with Gasteiger partial charge >= 0.3 is 0 Å². The van der Waals surface area contributed by atoms with E-state index >= 15 is 0 Å². The number of aromatic nitrogens is 2. The highest BCUT2D eigenvalue weighted by Gasteiger charge is 2.41. The molecule has 0 saturated heterocycles. The van der Waals surface area contributed by atoms with Crippen molar-refractivity contribution in [2.24, 2.45) is 11.7 Å². The standard InChI is InChI=1S/C17H23N3/c1-12(2)15(9-18)17-10-19-11-20(17)16-8-14(16)13-6-4-3-5-7-13/h3-7,10-12,14-16H,8-9,18H2,1-2H3. The van der Waals surface area contributed by atoms with Crippen LogP contribution >= 0.6 is 0 Å². The quantitative estimate of drug-likeness (QED) is 0.905. The average molecular weight is 269 g/mol. The minimum Gasteiger partial charge on any atom is -0.331 e. The second-order valence-electron chi connectivity index (χ2n) is 6.13. The predicted octanol–water partition coefficient (Wildman–Crippen LogP) is 3.31. The molecule has 0 amide bonds. The van der Waals surface area contributed by atoms with Crippen LogP contribution in [-0.2, 0) is 0 Å².